The second-order valence-electron chi connectivity index (χ2n) is 9.53. The fourth-order valence-corrected chi connectivity index (χ4v) is 7.98. The van der Waals surface area contributed by atoms with Gasteiger partial charge in [0, 0.05) is 10.4 Å². The van der Waals surface area contributed by atoms with Gasteiger partial charge >= 0.3 is 0 Å². The van der Waals surface area contributed by atoms with Crippen LogP contribution in [0.25, 0.3) is 16.7 Å². The number of hydrogen-bond acceptors (Lipinski definition) is 0. The maximum absolute atomic E-state index is 6.71. The Kier molecular flexibility index (Phi) is 2.60. The minimum atomic E-state index is 0.244. The monoisotopic (exact) mass is 358 g/mol. The van der Waals surface area contributed by atoms with E-state index in [9.17, 15) is 0 Å². The summed E-state index contributed by atoms with van der Waals surface area (Å²) in [7, 11) is 0. The number of halogens is 1. The highest BCUT2D eigenvalue weighted by Crippen LogP contribution is 2.70. The van der Waals surface area contributed by atoms with Crippen molar-refractivity contribution in [1.29, 1.82) is 0 Å². The van der Waals surface area contributed by atoms with E-state index in [-0.39, 0.29) is 5.41 Å². The molecular weight excluding hydrogens is 336 g/mol. The molecule has 1 heteroatoms. The number of rotatable bonds is 1. The highest BCUT2D eigenvalue weighted by Gasteiger charge is 2.61. The highest BCUT2D eigenvalue weighted by molar-refractivity contribution is 6.31. The molecule has 6 aliphatic rings. The SMILES string of the molecule is Clc1cc(C2=CC2)c2c(c1)C1(c3ccccc3-2)C2CC3CC(C2)CC1C3. The Morgan fingerprint density at radius 2 is 1.50 bits per heavy atom. The average Bonchev–Trinajstić information content (AvgIpc) is 3.43. The van der Waals surface area contributed by atoms with E-state index in [1.807, 2.05) is 0 Å². The summed E-state index contributed by atoms with van der Waals surface area (Å²) in [5.74, 6) is 3.62. The van der Waals surface area contributed by atoms with Crippen LogP contribution in [0.3, 0.4) is 0 Å². The molecule has 130 valence electrons. The molecule has 0 unspecified atom stereocenters. The number of fused-ring (bicyclic) bond motifs is 3. The molecule has 0 N–H and O–H groups in total. The van der Waals surface area contributed by atoms with E-state index in [1.54, 1.807) is 11.1 Å². The summed E-state index contributed by atoms with van der Waals surface area (Å²) in [6.07, 6.45) is 10.7. The van der Waals surface area contributed by atoms with Crippen LogP contribution in [0, 0.1) is 23.7 Å². The van der Waals surface area contributed by atoms with Crippen molar-refractivity contribution in [1.82, 2.24) is 0 Å². The van der Waals surface area contributed by atoms with E-state index < -0.39 is 0 Å². The van der Waals surface area contributed by atoms with Gasteiger partial charge in [-0.25, -0.2) is 0 Å². The molecule has 0 aliphatic heterocycles. The molecule has 1 spiro atoms. The maximum atomic E-state index is 6.71. The van der Waals surface area contributed by atoms with E-state index in [2.05, 4.69) is 42.5 Å². The van der Waals surface area contributed by atoms with Crippen LogP contribution in [0.4, 0.5) is 0 Å². The minimum absolute atomic E-state index is 0.244. The van der Waals surface area contributed by atoms with Crippen molar-refractivity contribution < 1.29 is 0 Å². The molecule has 4 saturated carbocycles. The lowest BCUT2D eigenvalue weighted by Gasteiger charge is -2.61. The first-order valence-corrected chi connectivity index (χ1v) is 10.8. The van der Waals surface area contributed by atoms with E-state index in [0.29, 0.717) is 0 Å². The average molecular weight is 359 g/mol. The van der Waals surface area contributed by atoms with Crippen molar-refractivity contribution in [3.63, 3.8) is 0 Å². The Morgan fingerprint density at radius 1 is 0.808 bits per heavy atom. The van der Waals surface area contributed by atoms with Gasteiger partial charge in [-0.05, 0) is 108 Å². The van der Waals surface area contributed by atoms with E-state index in [0.717, 1.165) is 35.1 Å². The smallest absolute Gasteiger partial charge is 0.0415 e. The lowest BCUT2D eigenvalue weighted by molar-refractivity contribution is -0.0399. The molecule has 0 nitrogen and oxygen atoms in total. The zero-order chi connectivity index (χ0) is 17.0. The zero-order valence-electron chi connectivity index (χ0n) is 15.0. The van der Waals surface area contributed by atoms with Crippen molar-refractivity contribution in [2.24, 2.45) is 23.7 Å². The first-order chi connectivity index (χ1) is 12.7. The third-order valence-corrected chi connectivity index (χ3v) is 8.59. The van der Waals surface area contributed by atoms with Crippen LogP contribution in [0.2, 0.25) is 5.02 Å². The topological polar surface area (TPSA) is 0 Å². The summed E-state index contributed by atoms with van der Waals surface area (Å²) >= 11 is 6.71. The first kappa shape index (κ1) is 14.5. The molecule has 0 amide bonds. The van der Waals surface area contributed by atoms with Gasteiger partial charge in [-0.15, -0.1) is 0 Å². The Morgan fingerprint density at radius 3 is 2.19 bits per heavy atom. The number of hydrogen-bond donors (Lipinski definition) is 0. The van der Waals surface area contributed by atoms with Crippen LogP contribution in [-0.2, 0) is 5.41 Å². The largest absolute Gasteiger partial charge is 0.0843 e. The van der Waals surface area contributed by atoms with Crippen molar-refractivity contribution in [2.75, 3.05) is 0 Å². The van der Waals surface area contributed by atoms with E-state index >= 15 is 0 Å². The lowest BCUT2D eigenvalue weighted by Crippen LogP contribution is -2.55. The Balaban J connectivity index is 1.59. The van der Waals surface area contributed by atoms with Gasteiger partial charge in [0.1, 0.15) is 0 Å². The third-order valence-electron chi connectivity index (χ3n) is 8.37. The van der Waals surface area contributed by atoms with Gasteiger partial charge in [0.15, 0.2) is 0 Å². The molecule has 8 rings (SSSR count). The standard InChI is InChI=1S/C25H23Cl/c26-19-12-21(16-5-6-16)24-20-3-1-2-4-22(20)25(23(24)13-19)17-8-14-7-15(10-17)11-18(25)9-14/h1-5,12-15,17-18H,6-11H2. The summed E-state index contributed by atoms with van der Waals surface area (Å²) in [4.78, 5) is 0. The molecule has 0 radical (unpaired) electrons. The molecule has 0 saturated heterocycles. The summed E-state index contributed by atoms with van der Waals surface area (Å²) in [6.45, 7) is 0. The van der Waals surface area contributed by atoms with Crippen molar-refractivity contribution in [3.8, 4) is 11.1 Å². The molecule has 6 aliphatic carbocycles. The van der Waals surface area contributed by atoms with Gasteiger partial charge < -0.3 is 0 Å². The van der Waals surface area contributed by atoms with Crippen molar-refractivity contribution >= 4 is 17.2 Å². The number of allylic oxidation sites excluding steroid dienone is 2. The van der Waals surface area contributed by atoms with E-state index in [1.165, 1.54) is 54.4 Å². The molecule has 4 fully saturated rings. The Labute approximate surface area is 160 Å². The fourth-order valence-electron chi connectivity index (χ4n) is 7.76. The van der Waals surface area contributed by atoms with Crippen molar-refractivity contribution in [3.05, 3.63) is 64.2 Å². The van der Waals surface area contributed by atoms with Gasteiger partial charge in [-0.2, -0.15) is 0 Å². The predicted molar refractivity (Wildman–Crippen MR) is 107 cm³/mol. The fraction of sp³-hybridized carbons (Fsp3) is 0.440. The van der Waals surface area contributed by atoms with Crippen LogP contribution in [0.15, 0.2) is 42.5 Å². The summed E-state index contributed by atoms with van der Waals surface area (Å²) in [6, 6.07) is 13.9. The second kappa shape index (κ2) is 4.65. The summed E-state index contributed by atoms with van der Waals surface area (Å²) in [5.41, 5.74) is 9.42. The molecule has 2 aromatic rings. The van der Waals surface area contributed by atoms with Gasteiger partial charge in [-0.3, -0.25) is 0 Å². The molecule has 2 aromatic carbocycles. The number of benzene rings is 2. The van der Waals surface area contributed by atoms with Crippen LogP contribution >= 0.6 is 11.6 Å². The van der Waals surface area contributed by atoms with Gasteiger partial charge in [0.25, 0.3) is 0 Å². The van der Waals surface area contributed by atoms with Gasteiger partial charge in [0.2, 0.25) is 0 Å². The molecule has 0 heterocycles. The molecular formula is C25H23Cl. The Bertz CT molecular complexity index is 967. The summed E-state index contributed by atoms with van der Waals surface area (Å²) in [5, 5.41) is 0.938. The molecule has 0 aromatic heterocycles. The van der Waals surface area contributed by atoms with Crippen LogP contribution in [-0.4, -0.2) is 0 Å². The second-order valence-corrected chi connectivity index (χ2v) is 9.96. The lowest BCUT2D eigenvalue weighted by atomic mass is 9.43. The van der Waals surface area contributed by atoms with Crippen LogP contribution < -0.4 is 0 Å². The zero-order valence-corrected chi connectivity index (χ0v) is 15.7. The first-order valence-electron chi connectivity index (χ1n) is 10.4. The third kappa shape index (κ3) is 1.60. The van der Waals surface area contributed by atoms with Crippen molar-refractivity contribution in [2.45, 2.75) is 43.9 Å². The molecule has 0 atom stereocenters. The van der Waals surface area contributed by atoms with E-state index in [4.69, 9.17) is 11.6 Å². The Hall–Kier alpha value is -1.53. The van der Waals surface area contributed by atoms with Gasteiger partial charge in [0.05, 0.1) is 0 Å². The normalized spacial score (nSPS) is 37.7. The van der Waals surface area contributed by atoms with Gasteiger partial charge in [-0.1, -0.05) is 41.9 Å². The predicted octanol–water partition coefficient (Wildman–Crippen LogP) is 6.85. The van der Waals surface area contributed by atoms with Crippen LogP contribution in [0.5, 0.6) is 0 Å². The minimum Gasteiger partial charge on any atom is -0.0843 e. The maximum Gasteiger partial charge on any atom is 0.0415 e. The van der Waals surface area contributed by atoms with Crippen LogP contribution in [0.1, 0.15) is 55.2 Å². The highest BCUT2D eigenvalue weighted by atomic mass is 35.5. The summed E-state index contributed by atoms with van der Waals surface area (Å²) < 4.78 is 0. The quantitative estimate of drug-likeness (QED) is 0.523. The molecule has 4 bridgehead atoms. The molecule has 26 heavy (non-hydrogen) atoms.